The van der Waals surface area contributed by atoms with Crippen molar-refractivity contribution < 1.29 is 27.9 Å². The van der Waals surface area contributed by atoms with Crippen LogP contribution in [0.1, 0.15) is 56.7 Å². The van der Waals surface area contributed by atoms with Gasteiger partial charge in [0.05, 0.1) is 5.56 Å². The Hall–Kier alpha value is -2.97. The van der Waals surface area contributed by atoms with E-state index < -0.39 is 23.6 Å². The number of likely N-dealkylation sites (tertiary alicyclic amines) is 1. The molecule has 0 radical (unpaired) electrons. The van der Waals surface area contributed by atoms with Crippen LogP contribution in [-0.2, 0) is 6.18 Å². The maximum Gasteiger partial charge on any atom is 0.416 e. The molecule has 0 saturated carbocycles. The minimum absolute atomic E-state index is 0.216. The molecular weight excluding hydrogens is 375 g/mol. The van der Waals surface area contributed by atoms with E-state index in [0.29, 0.717) is 18.5 Å². The smallest absolute Gasteiger partial charge is 0.416 e. The summed E-state index contributed by atoms with van der Waals surface area (Å²) in [6.45, 7) is 2.05. The van der Waals surface area contributed by atoms with Crippen molar-refractivity contribution in [2.45, 2.75) is 31.9 Å². The van der Waals surface area contributed by atoms with Crippen molar-refractivity contribution in [1.82, 2.24) is 14.9 Å². The molecule has 0 aliphatic carbocycles. The fourth-order valence-electron chi connectivity index (χ4n) is 3.42. The maximum absolute atomic E-state index is 13.2. The van der Waals surface area contributed by atoms with Crippen LogP contribution in [0.5, 0.6) is 0 Å². The first-order valence-electron chi connectivity index (χ1n) is 8.71. The highest BCUT2D eigenvalue weighted by Gasteiger charge is 2.36. The molecule has 0 spiro atoms. The Bertz CT molecular complexity index is 907. The average Bonchev–Trinajstić information content (AvgIpc) is 2.66. The number of amides is 1. The zero-order valence-corrected chi connectivity index (χ0v) is 15.0. The van der Waals surface area contributed by atoms with Gasteiger partial charge in [-0.15, -0.1) is 0 Å². The minimum Gasteiger partial charge on any atom is -0.477 e. The van der Waals surface area contributed by atoms with Crippen molar-refractivity contribution in [2.24, 2.45) is 0 Å². The van der Waals surface area contributed by atoms with Gasteiger partial charge in [-0.05, 0) is 43.4 Å². The van der Waals surface area contributed by atoms with Crippen LogP contribution in [0.3, 0.4) is 0 Å². The molecule has 28 heavy (non-hydrogen) atoms. The van der Waals surface area contributed by atoms with Crippen LogP contribution in [0.15, 0.2) is 30.3 Å². The SMILES string of the molecule is Cc1cc(C(=O)O)nc(C(=O)N2CCC(c3ccccc3C(F)(F)F)CC2)n1. The number of halogens is 3. The number of rotatable bonds is 3. The fraction of sp³-hybridized carbons (Fsp3) is 0.368. The molecule has 6 nitrogen and oxygen atoms in total. The lowest BCUT2D eigenvalue weighted by atomic mass is 9.86. The Balaban J connectivity index is 1.75. The third-order valence-corrected chi connectivity index (χ3v) is 4.75. The largest absolute Gasteiger partial charge is 0.477 e. The lowest BCUT2D eigenvalue weighted by Crippen LogP contribution is -2.39. The summed E-state index contributed by atoms with van der Waals surface area (Å²) >= 11 is 0. The number of carbonyl (C=O) groups is 2. The first-order chi connectivity index (χ1) is 13.2. The lowest BCUT2D eigenvalue weighted by Gasteiger charge is -2.32. The zero-order chi connectivity index (χ0) is 20.5. The number of aromatic carboxylic acids is 1. The number of carboxylic acids is 1. The Kier molecular flexibility index (Phi) is 5.35. The third kappa shape index (κ3) is 4.13. The zero-order valence-electron chi connectivity index (χ0n) is 15.0. The number of nitrogens with zero attached hydrogens (tertiary/aromatic N) is 3. The van der Waals surface area contributed by atoms with Gasteiger partial charge in [0.1, 0.15) is 0 Å². The van der Waals surface area contributed by atoms with Gasteiger partial charge in [0, 0.05) is 18.8 Å². The predicted octanol–water partition coefficient (Wildman–Crippen LogP) is 3.52. The Morgan fingerprint density at radius 2 is 1.79 bits per heavy atom. The highest BCUT2D eigenvalue weighted by molar-refractivity contribution is 5.92. The number of aromatic nitrogens is 2. The molecule has 1 aromatic carbocycles. The van der Waals surface area contributed by atoms with Crippen LogP contribution in [-0.4, -0.2) is 44.9 Å². The van der Waals surface area contributed by atoms with Gasteiger partial charge in [-0.25, -0.2) is 14.8 Å². The van der Waals surface area contributed by atoms with E-state index in [1.165, 1.54) is 23.1 Å². The monoisotopic (exact) mass is 393 g/mol. The molecule has 1 aliphatic heterocycles. The van der Waals surface area contributed by atoms with E-state index >= 15 is 0 Å². The topological polar surface area (TPSA) is 83.4 Å². The molecule has 1 saturated heterocycles. The van der Waals surface area contributed by atoms with E-state index in [2.05, 4.69) is 9.97 Å². The molecular formula is C19H18F3N3O3. The Morgan fingerprint density at radius 3 is 2.39 bits per heavy atom. The average molecular weight is 393 g/mol. The quantitative estimate of drug-likeness (QED) is 0.863. The van der Waals surface area contributed by atoms with E-state index in [1.54, 1.807) is 13.0 Å². The fourth-order valence-corrected chi connectivity index (χ4v) is 3.42. The van der Waals surface area contributed by atoms with Gasteiger partial charge in [0.25, 0.3) is 5.91 Å². The van der Waals surface area contributed by atoms with Crippen LogP contribution in [0, 0.1) is 6.92 Å². The van der Waals surface area contributed by atoms with Gasteiger partial charge in [-0.1, -0.05) is 18.2 Å². The van der Waals surface area contributed by atoms with Crippen molar-refractivity contribution >= 4 is 11.9 Å². The standard InChI is InChI=1S/C19H18F3N3O3/c1-11-10-15(18(27)28)24-16(23-11)17(26)25-8-6-12(7-9-25)13-4-2-3-5-14(13)19(20,21)22/h2-5,10,12H,6-9H2,1H3,(H,27,28). The molecule has 1 N–H and O–H groups in total. The first kappa shape index (κ1) is 19.8. The summed E-state index contributed by atoms with van der Waals surface area (Å²) in [5.41, 5.74) is -0.329. The molecule has 0 atom stereocenters. The molecule has 0 bridgehead atoms. The van der Waals surface area contributed by atoms with Gasteiger partial charge in [0.2, 0.25) is 5.82 Å². The molecule has 1 aliphatic rings. The van der Waals surface area contributed by atoms with Crippen LogP contribution in [0.25, 0.3) is 0 Å². The number of carbonyl (C=O) groups excluding carboxylic acids is 1. The number of carboxylic acid groups (broad SMARTS) is 1. The summed E-state index contributed by atoms with van der Waals surface area (Å²) in [7, 11) is 0. The highest BCUT2D eigenvalue weighted by Crippen LogP contribution is 2.38. The van der Waals surface area contributed by atoms with Gasteiger partial charge >= 0.3 is 12.1 Å². The third-order valence-electron chi connectivity index (χ3n) is 4.75. The number of piperidine rings is 1. The number of benzene rings is 1. The van der Waals surface area contributed by atoms with Gasteiger partial charge in [-0.3, -0.25) is 4.79 Å². The van der Waals surface area contributed by atoms with Crippen molar-refractivity contribution in [3.63, 3.8) is 0 Å². The van der Waals surface area contributed by atoms with E-state index in [4.69, 9.17) is 5.11 Å². The van der Waals surface area contributed by atoms with Crippen molar-refractivity contribution in [1.29, 1.82) is 0 Å². The van der Waals surface area contributed by atoms with Crippen molar-refractivity contribution in [2.75, 3.05) is 13.1 Å². The van der Waals surface area contributed by atoms with Crippen LogP contribution < -0.4 is 0 Å². The number of hydrogen-bond donors (Lipinski definition) is 1. The normalized spacial score (nSPS) is 15.5. The molecule has 2 heterocycles. The van der Waals surface area contributed by atoms with Crippen LogP contribution in [0.4, 0.5) is 13.2 Å². The van der Waals surface area contributed by atoms with Crippen molar-refractivity contribution in [3.8, 4) is 0 Å². The Labute approximate surface area is 159 Å². The summed E-state index contributed by atoms with van der Waals surface area (Å²) in [5, 5.41) is 9.07. The molecule has 1 fully saturated rings. The molecule has 9 heteroatoms. The molecule has 1 aromatic heterocycles. The van der Waals surface area contributed by atoms with E-state index in [1.807, 2.05) is 0 Å². The Morgan fingerprint density at radius 1 is 1.14 bits per heavy atom. The summed E-state index contributed by atoms with van der Waals surface area (Å²) < 4.78 is 39.7. The lowest BCUT2D eigenvalue weighted by molar-refractivity contribution is -0.138. The molecule has 3 rings (SSSR count). The summed E-state index contributed by atoms with van der Waals surface area (Å²) in [5.74, 6) is -2.31. The second kappa shape index (κ2) is 7.57. The first-order valence-corrected chi connectivity index (χ1v) is 8.71. The molecule has 2 aromatic rings. The second-order valence-electron chi connectivity index (χ2n) is 6.67. The maximum atomic E-state index is 13.2. The van der Waals surface area contributed by atoms with E-state index in [9.17, 15) is 22.8 Å². The molecule has 148 valence electrons. The predicted molar refractivity (Wildman–Crippen MR) is 93.1 cm³/mol. The second-order valence-corrected chi connectivity index (χ2v) is 6.67. The van der Waals surface area contributed by atoms with Gasteiger partial charge < -0.3 is 10.0 Å². The van der Waals surface area contributed by atoms with E-state index in [0.717, 1.165) is 6.07 Å². The van der Waals surface area contributed by atoms with Crippen LogP contribution >= 0.6 is 0 Å². The van der Waals surface area contributed by atoms with Gasteiger partial charge in [0.15, 0.2) is 5.69 Å². The van der Waals surface area contributed by atoms with Crippen LogP contribution in [0.2, 0.25) is 0 Å². The number of aryl methyl sites for hydroxylation is 1. The summed E-state index contributed by atoms with van der Waals surface area (Å²) in [4.78, 5) is 33.0. The summed E-state index contributed by atoms with van der Waals surface area (Å²) in [6, 6.07) is 6.75. The number of hydrogen-bond acceptors (Lipinski definition) is 4. The van der Waals surface area contributed by atoms with Gasteiger partial charge in [-0.2, -0.15) is 13.2 Å². The molecule has 1 amide bonds. The minimum atomic E-state index is -4.42. The van der Waals surface area contributed by atoms with E-state index in [-0.39, 0.29) is 36.1 Å². The highest BCUT2D eigenvalue weighted by atomic mass is 19.4. The number of alkyl halides is 3. The summed E-state index contributed by atoms with van der Waals surface area (Å²) in [6.07, 6.45) is -3.68. The van der Waals surface area contributed by atoms with Crippen molar-refractivity contribution in [3.05, 3.63) is 58.7 Å². The molecule has 0 unspecified atom stereocenters.